The van der Waals surface area contributed by atoms with Crippen molar-refractivity contribution in [3.05, 3.63) is 0 Å². The van der Waals surface area contributed by atoms with E-state index in [9.17, 15) is 4.79 Å². The third-order valence-corrected chi connectivity index (χ3v) is 5.77. The summed E-state index contributed by atoms with van der Waals surface area (Å²) in [4.78, 5) is 14.5. The summed E-state index contributed by atoms with van der Waals surface area (Å²) in [6, 6.07) is 0.526. The first kappa shape index (κ1) is 14.2. The van der Waals surface area contributed by atoms with Crippen LogP contribution >= 0.6 is 11.8 Å². The molecule has 1 amide bonds. The highest BCUT2D eigenvalue weighted by Crippen LogP contribution is 2.29. The Balaban J connectivity index is 1.75. The smallest absolute Gasteiger partial charge is 0.232 e. The molecule has 0 aromatic carbocycles. The molecule has 0 spiro atoms. The van der Waals surface area contributed by atoms with E-state index in [0.29, 0.717) is 11.9 Å². The molecular weight excluding hydrogens is 242 g/mol. The van der Waals surface area contributed by atoms with Gasteiger partial charge in [0.05, 0.1) is 5.75 Å². The molecule has 2 fully saturated rings. The van der Waals surface area contributed by atoms with E-state index in [0.717, 1.165) is 24.0 Å². The van der Waals surface area contributed by atoms with E-state index >= 15 is 0 Å². The highest BCUT2D eigenvalue weighted by atomic mass is 32.2. The third-order valence-electron chi connectivity index (χ3n) is 4.41. The fraction of sp³-hybridized carbons (Fsp3) is 0.933. The van der Waals surface area contributed by atoms with Crippen LogP contribution < -0.4 is 0 Å². The van der Waals surface area contributed by atoms with Crippen molar-refractivity contribution in [2.75, 3.05) is 12.3 Å². The van der Waals surface area contributed by atoms with Crippen LogP contribution in [0.5, 0.6) is 0 Å². The number of likely N-dealkylation sites (tertiary alicyclic amines) is 1. The van der Waals surface area contributed by atoms with Crippen molar-refractivity contribution in [3.63, 3.8) is 0 Å². The molecule has 1 aliphatic carbocycles. The second-order valence-electron chi connectivity index (χ2n) is 5.72. The van der Waals surface area contributed by atoms with Crippen molar-refractivity contribution in [2.24, 2.45) is 0 Å². The van der Waals surface area contributed by atoms with Gasteiger partial charge in [0.1, 0.15) is 0 Å². The summed E-state index contributed by atoms with van der Waals surface area (Å²) in [7, 11) is 0. The molecule has 1 saturated carbocycles. The van der Waals surface area contributed by atoms with Crippen LogP contribution in [0.2, 0.25) is 0 Å². The summed E-state index contributed by atoms with van der Waals surface area (Å²) in [5.41, 5.74) is 0. The molecule has 1 unspecified atom stereocenters. The Labute approximate surface area is 116 Å². The molecule has 0 bridgehead atoms. The lowest BCUT2D eigenvalue weighted by molar-refractivity contribution is -0.132. The van der Waals surface area contributed by atoms with Gasteiger partial charge in [0.25, 0.3) is 0 Å². The number of thioether (sulfide) groups is 1. The van der Waals surface area contributed by atoms with Gasteiger partial charge in [0.2, 0.25) is 5.91 Å². The Kier molecular flexibility index (Phi) is 5.87. The Morgan fingerprint density at radius 1 is 1.11 bits per heavy atom. The number of rotatable bonds is 4. The average molecular weight is 269 g/mol. The van der Waals surface area contributed by atoms with Crippen molar-refractivity contribution < 1.29 is 4.79 Å². The molecule has 18 heavy (non-hydrogen) atoms. The lowest BCUT2D eigenvalue weighted by Crippen LogP contribution is -2.44. The number of amides is 1. The molecule has 1 saturated heterocycles. The van der Waals surface area contributed by atoms with E-state index in [-0.39, 0.29) is 0 Å². The summed E-state index contributed by atoms with van der Waals surface area (Å²) in [6.45, 7) is 3.22. The largest absolute Gasteiger partial charge is 0.339 e. The predicted molar refractivity (Wildman–Crippen MR) is 79.0 cm³/mol. The topological polar surface area (TPSA) is 20.3 Å². The van der Waals surface area contributed by atoms with Crippen LogP contribution in [0.3, 0.4) is 0 Å². The van der Waals surface area contributed by atoms with Crippen molar-refractivity contribution in [1.29, 1.82) is 0 Å². The van der Waals surface area contributed by atoms with Crippen molar-refractivity contribution in [1.82, 2.24) is 4.90 Å². The third kappa shape index (κ3) is 3.91. The SMILES string of the molecule is CCC1CCCCN1C(=O)CSC1CCCCC1. The monoisotopic (exact) mass is 269 g/mol. The van der Waals surface area contributed by atoms with E-state index in [2.05, 4.69) is 11.8 Å². The lowest BCUT2D eigenvalue weighted by atomic mass is 10.0. The maximum Gasteiger partial charge on any atom is 0.232 e. The highest BCUT2D eigenvalue weighted by molar-refractivity contribution is 8.00. The van der Waals surface area contributed by atoms with Crippen LogP contribution in [0.4, 0.5) is 0 Å². The summed E-state index contributed by atoms with van der Waals surface area (Å²) in [6.07, 6.45) is 11.6. The van der Waals surface area contributed by atoms with Gasteiger partial charge in [-0.3, -0.25) is 4.79 Å². The minimum Gasteiger partial charge on any atom is -0.339 e. The zero-order valence-electron chi connectivity index (χ0n) is 11.7. The quantitative estimate of drug-likeness (QED) is 0.773. The van der Waals surface area contributed by atoms with Crippen LogP contribution in [-0.4, -0.2) is 34.4 Å². The average Bonchev–Trinajstić information content (AvgIpc) is 2.45. The molecule has 1 atom stereocenters. The molecule has 0 aromatic heterocycles. The second kappa shape index (κ2) is 7.42. The molecule has 1 aliphatic heterocycles. The Hall–Kier alpha value is -0.180. The first-order chi connectivity index (χ1) is 8.81. The number of hydrogen-bond acceptors (Lipinski definition) is 2. The molecular formula is C15H27NOS. The van der Waals surface area contributed by atoms with Gasteiger partial charge in [-0.15, -0.1) is 11.8 Å². The van der Waals surface area contributed by atoms with Gasteiger partial charge in [0, 0.05) is 17.8 Å². The molecule has 2 nitrogen and oxygen atoms in total. The maximum absolute atomic E-state index is 12.3. The summed E-state index contributed by atoms with van der Waals surface area (Å²) >= 11 is 1.92. The summed E-state index contributed by atoms with van der Waals surface area (Å²) in [5.74, 6) is 1.12. The molecule has 3 heteroatoms. The van der Waals surface area contributed by atoms with Crippen LogP contribution in [-0.2, 0) is 4.79 Å². The van der Waals surface area contributed by atoms with Crippen molar-refractivity contribution in [2.45, 2.75) is 76.0 Å². The first-order valence-corrected chi connectivity index (χ1v) is 8.77. The van der Waals surface area contributed by atoms with Crippen LogP contribution in [0.25, 0.3) is 0 Å². The minimum atomic E-state index is 0.400. The van der Waals surface area contributed by atoms with E-state index in [1.807, 2.05) is 11.8 Å². The van der Waals surface area contributed by atoms with Gasteiger partial charge in [0.15, 0.2) is 0 Å². The van der Waals surface area contributed by atoms with Gasteiger partial charge in [-0.2, -0.15) is 0 Å². The van der Waals surface area contributed by atoms with E-state index in [1.165, 1.54) is 51.4 Å². The molecule has 2 rings (SSSR count). The molecule has 2 aliphatic rings. The zero-order chi connectivity index (χ0) is 12.8. The first-order valence-electron chi connectivity index (χ1n) is 7.72. The predicted octanol–water partition coefficient (Wildman–Crippen LogP) is 3.84. The van der Waals surface area contributed by atoms with E-state index in [4.69, 9.17) is 0 Å². The molecule has 104 valence electrons. The van der Waals surface area contributed by atoms with Crippen molar-refractivity contribution in [3.8, 4) is 0 Å². The maximum atomic E-state index is 12.3. The number of hydrogen-bond donors (Lipinski definition) is 0. The molecule has 0 radical (unpaired) electrons. The Morgan fingerprint density at radius 2 is 1.83 bits per heavy atom. The standard InChI is InChI=1S/C15H27NOS/c1-2-13-8-6-7-11-16(13)15(17)12-18-14-9-4-3-5-10-14/h13-14H,2-12H2,1H3. The fourth-order valence-electron chi connectivity index (χ4n) is 3.26. The number of carbonyl (C=O) groups excluding carboxylic acids is 1. The fourth-order valence-corrected chi connectivity index (χ4v) is 4.47. The van der Waals surface area contributed by atoms with Gasteiger partial charge in [-0.05, 0) is 38.5 Å². The molecule has 1 heterocycles. The number of nitrogens with zero attached hydrogens (tertiary/aromatic N) is 1. The summed E-state index contributed by atoms with van der Waals surface area (Å²) in [5, 5.41) is 0.757. The Bertz CT molecular complexity index is 263. The lowest BCUT2D eigenvalue weighted by Gasteiger charge is -2.35. The van der Waals surface area contributed by atoms with Crippen LogP contribution in [0.1, 0.15) is 64.7 Å². The van der Waals surface area contributed by atoms with Gasteiger partial charge < -0.3 is 4.90 Å². The molecule has 0 N–H and O–H groups in total. The zero-order valence-corrected chi connectivity index (χ0v) is 12.5. The Morgan fingerprint density at radius 3 is 2.56 bits per heavy atom. The molecule has 0 aromatic rings. The number of piperidine rings is 1. The van der Waals surface area contributed by atoms with Gasteiger partial charge >= 0.3 is 0 Å². The van der Waals surface area contributed by atoms with Crippen LogP contribution in [0, 0.1) is 0 Å². The minimum absolute atomic E-state index is 0.400. The van der Waals surface area contributed by atoms with Gasteiger partial charge in [-0.25, -0.2) is 0 Å². The summed E-state index contributed by atoms with van der Waals surface area (Å²) < 4.78 is 0. The second-order valence-corrected chi connectivity index (χ2v) is 7.00. The van der Waals surface area contributed by atoms with Gasteiger partial charge in [-0.1, -0.05) is 26.2 Å². The normalized spacial score (nSPS) is 26.3. The van der Waals surface area contributed by atoms with E-state index in [1.54, 1.807) is 0 Å². The number of carbonyl (C=O) groups is 1. The van der Waals surface area contributed by atoms with E-state index < -0.39 is 0 Å². The van der Waals surface area contributed by atoms with Crippen LogP contribution in [0.15, 0.2) is 0 Å². The highest BCUT2D eigenvalue weighted by Gasteiger charge is 2.25. The van der Waals surface area contributed by atoms with Crippen molar-refractivity contribution >= 4 is 17.7 Å².